The smallest absolute Gasteiger partial charge is 0.422 e. The highest BCUT2D eigenvalue weighted by Gasteiger charge is 2.29. The van der Waals surface area contributed by atoms with Crippen LogP contribution in [0.1, 0.15) is 21.6 Å². The number of nitrogens with one attached hydrogen (secondary N) is 1. The number of alkyl halides is 3. The van der Waals surface area contributed by atoms with Gasteiger partial charge >= 0.3 is 6.18 Å². The first-order valence-corrected chi connectivity index (χ1v) is 8.63. The molecule has 11 heteroatoms. The van der Waals surface area contributed by atoms with E-state index in [1.165, 1.54) is 12.4 Å². The van der Waals surface area contributed by atoms with Crippen LogP contribution in [0.4, 0.5) is 13.2 Å². The van der Waals surface area contributed by atoms with Crippen molar-refractivity contribution in [1.82, 2.24) is 25.1 Å². The van der Waals surface area contributed by atoms with E-state index >= 15 is 0 Å². The minimum Gasteiger partial charge on any atom is -0.468 e. The van der Waals surface area contributed by atoms with Crippen LogP contribution in [-0.4, -0.2) is 56.7 Å². The first kappa shape index (κ1) is 20.5. The summed E-state index contributed by atoms with van der Waals surface area (Å²) in [6, 6.07) is 3.32. The highest BCUT2D eigenvalue weighted by molar-refractivity contribution is 6.04. The fourth-order valence-corrected chi connectivity index (χ4v) is 2.70. The summed E-state index contributed by atoms with van der Waals surface area (Å²) in [5.41, 5.74) is 1.92. The molecule has 8 nitrogen and oxygen atoms in total. The molecule has 2 N–H and O–H groups in total. The predicted octanol–water partition coefficient (Wildman–Crippen LogP) is 1.85. The predicted molar refractivity (Wildman–Crippen MR) is 96.6 cm³/mol. The number of carbonyl (C=O) groups is 1. The second-order valence-electron chi connectivity index (χ2n) is 6.27. The number of aliphatic hydroxyl groups is 1. The fraction of sp³-hybridized carbons (Fsp3) is 0.333. The monoisotopic (exact) mass is 409 g/mol. The highest BCUT2D eigenvalue weighted by atomic mass is 19.4. The van der Waals surface area contributed by atoms with Gasteiger partial charge in [-0.2, -0.15) is 18.3 Å². The van der Waals surface area contributed by atoms with Crippen LogP contribution in [-0.2, 0) is 6.54 Å². The van der Waals surface area contributed by atoms with Gasteiger partial charge in [0.2, 0.25) is 5.88 Å². The zero-order valence-corrected chi connectivity index (χ0v) is 15.4. The minimum absolute atomic E-state index is 0.0799. The molecule has 29 heavy (non-hydrogen) atoms. The molecule has 3 aromatic rings. The van der Waals surface area contributed by atoms with Gasteiger partial charge < -0.3 is 15.2 Å². The first-order chi connectivity index (χ1) is 13.8. The third-order valence-corrected chi connectivity index (χ3v) is 3.90. The summed E-state index contributed by atoms with van der Waals surface area (Å²) in [6.45, 7) is 0.419. The normalized spacial score (nSPS) is 11.6. The molecule has 3 aromatic heterocycles. The third-order valence-electron chi connectivity index (χ3n) is 3.90. The number of amides is 1. The molecule has 154 valence electrons. The molecule has 0 atom stereocenters. The van der Waals surface area contributed by atoms with Crippen molar-refractivity contribution in [3.8, 4) is 5.88 Å². The largest absolute Gasteiger partial charge is 0.468 e. The van der Waals surface area contributed by atoms with E-state index in [2.05, 4.69) is 20.4 Å². The Bertz CT molecular complexity index is 1020. The Morgan fingerprint density at radius 1 is 1.34 bits per heavy atom. The number of nitrogens with zero attached hydrogens (tertiary/aromatic N) is 4. The summed E-state index contributed by atoms with van der Waals surface area (Å²) >= 11 is 0. The molecule has 1 amide bonds. The molecule has 0 bridgehead atoms. The van der Waals surface area contributed by atoms with E-state index in [1.807, 2.05) is 0 Å². The van der Waals surface area contributed by atoms with Crippen LogP contribution in [0.3, 0.4) is 0 Å². The van der Waals surface area contributed by atoms with Crippen LogP contribution in [0.25, 0.3) is 10.9 Å². The Labute approximate surface area is 163 Å². The van der Waals surface area contributed by atoms with E-state index in [0.717, 1.165) is 0 Å². The highest BCUT2D eigenvalue weighted by Crippen LogP contribution is 2.21. The molecule has 0 aliphatic rings. The maximum atomic E-state index is 12.3. The topological polar surface area (TPSA) is 102 Å². The summed E-state index contributed by atoms with van der Waals surface area (Å²) in [6.07, 6.45) is 0.0982. The standard InChI is InChI=1S/C18H18F3N5O3/c1-11-6-12(7-24-17(11)29-10-18(19,20)21)8-26-9-13-14(25-26)2-3-22-15(13)16(28)23-4-5-27/h2-3,6-7,9,27H,4-5,8,10H2,1H3,(H,23,28). The average Bonchev–Trinajstić information content (AvgIpc) is 3.07. The maximum Gasteiger partial charge on any atom is 0.422 e. The number of carbonyl (C=O) groups excluding carboxylic acids is 1. The number of hydrogen-bond donors (Lipinski definition) is 2. The molecule has 0 unspecified atom stereocenters. The van der Waals surface area contributed by atoms with E-state index in [4.69, 9.17) is 9.84 Å². The van der Waals surface area contributed by atoms with Gasteiger partial charge in [-0.3, -0.25) is 14.5 Å². The number of ether oxygens (including phenoxy) is 1. The second-order valence-corrected chi connectivity index (χ2v) is 6.27. The second kappa shape index (κ2) is 8.43. The Kier molecular flexibility index (Phi) is 5.97. The SMILES string of the molecule is Cc1cc(Cn2cc3c(C(=O)NCCO)nccc3n2)cnc1OCC(F)(F)F. The molecule has 0 saturated carbocycles. The van der Waals surface area contributed by atoms with E-state index in [9.17, 15) is 18.0 Å². The first-order valence-electron chi connectivity index (χ1n) is 8.63. The van der Waals surface area contributed by atoms with Gasteiger partial charge in [0.25, 0.3) is 5.91 Å². The van der Waals surface area contributed by atoms with Crippen molar-refractivity contribution in [2.24, 2.45) is 0 Å². The number of aryl methyl sites for hydroxylation is 1. The number of aliphatic hydroxyl groups excluding tert-OH is 1. The Morgan fingerprint density at radius 2 is 2.14 bits per heavy atom. The van der Waals surface area contributed by atoms with Gasteiger partial charge in [0.05, 0.1) is 24.1 Å². The molecular formula is C18H18F3N5O3. The molecule has 0 radical (unpaired) electrons. The number of halogens is 3. The van der Waals surface area contributed by atoms with Crippen LogP contribution in [0.15, 0.2) is 30.7 Å². The molecule has 0 saturated heterocycles. The van der Waals surface area contributed by atoms with Crippen molar-refractivity contribution in [1.29, 1.82) is 0 Å². The third kappa shape index (κ3) is 5.19. The number of pyridine rings is 2. The van der Waals surface area contributed by atoms with Gasteiger partial charge in [-0.25, -0.2) is 4.98 Å². The molecule has 0 spiro atoms. The van der Waals surface area contributed by atoms with Gasteiger partial charge in [-0.1, -0.05) is 0 Å². The van der Waals surface area contributed by atoms with Crippen molar-refractivity contribution in [3.05, 3.63) is 47.5 Å². The maximum absolute atomic E-state index is 12.3. The Morgan fingerprint density at radius 3 is 2.83 bits per heavy atom. The number of rotatable bonds is 7. The zero-order valence-electron chi connectivity index (χ0n) is 15.4. The number of hydrogen-bond acceptors (Lipinski definition) is 6. The molecule has 0 aromatic carbocycles. The molecule has 3 heterocycles. The van der Waals surface area contributed by atoms with Gasteiger partial charge in [0, 0.05) is 30.7 Å². The summed E-state index contributed by atoms with van der Waals surface area (Å²) in [5.74, 6) is -0.503. The van der Waals surface area contributed by atoms with Crippen molar-refractivity contribution in [3.63, 3.8) is 0 Å². The van der Waals surface area contributed by atoms with Gasteiger partial charge in [-0.15, -0.1) is 0 Å². The van der Waals surface area contributed by atoms with E-state index in [0.29, 0.717) is 28.6 Å². The van der Waals surface area contributed by atoms with Crippen LogP contribution < -0.4 is 10.1 Å². The summed E-state index contributed by atoms with van der Waals surface area (Å²) in [5, 5.41) is 16.3. The number of fused-ring (bicyclic) bond motifs is 1. The quantitative estimate of drug-likeness (QED) is 0.618. The fourth-order valence-electron chi connectivity index (χ4n) is 2.70. The van der Waals surface area contributed by atoms with E-state index in [1.54, 1.807) is 29.9 Å². The summed E-state index contributed by atoms with van der Waals surface area (Å²) < 4.78 is 43.2. The lowest BCUT2D eigenvalue weighted by Gasteiger charge is -2.11. The molecule has 0 aliphatic carbocycles. The van der Waals surface area contributed by atoms with E-state index in [-0.39, 0.29) is 24.7 Å². The van der Waals surface area contributed by atoms with Gasteiger partial charge in [0.1, 0.15) is 5.69 Å². The average molecular weight is 409 g/mol. The zero-order chi connectivity index (χ0) is 21.0. The lowest BCUT2D eigenvalue weighted by atomic mass is 10.2. The van der Waals surface area contributed by atoms with Crippen molar-refractivity contribution in [2.75, 3.05) is 19.8 Å². The summed E-state index contributed by atoms with van der Waals surface area (Å²) in [4.78, 5) is 20.2. The molecule has 0 fully saturated rings. The Hall–Kier alpha value is -3.21. The van der Waals surface area contributed by atoms with Crippen molar-refractivity contribution >= 4 is 16.8 Å². The van der Waals surface area contributed by atoms with E-state index < -0.39 is 18.7 Å². The van der Waals surface area contributed by atoms with Crippen LogP contribution in [0.2, 0.25) is 0 Å². The molecule has 0 aliphatic heterocycles. The summed E-state index contributed by atoms with van der Waals surface area (Å²) in [7, 11) is 0. The van der Waals surface area contributed by atoms with Crippen molar-refractivity contribution < 1.29 is 27.8 Å². The van der Waals surface area contributed by atoms with Crippen LogP contribution in [0, 0.1) is 6.92 Å². The minimum atomic E-state index is -4.43. The molecule has 3 rings (SSSR count). The lowest BCUT2D eigenvalue weighted by Crippen LogP contribution is -2.27. The van der Waals surface area contributed by atoms with Crippen LogP contribution >= 0.6 is 0 Å². The number of aromatic nitrogens is 4. The van der Waals surface area contributed by atoms with Gasteiger partial charge in [-0.05, 0) is 24.6 Å². The van der Waals surface area contributed by atoms with Crippen molar-refractivity contribution in [2.45, 2.75) is 19.6 Å². The van der Waals surface area contributed by atoms with Gasteiger partial charge in [0.15, 0.2) is 6.61 Å². The molecular weight excluding hydrogens is 391 g/mol. The lowest BCUT2D eigenvalue weighted by molar-refractivity contribution is -0.154. The van der Waals surface area contributed by atoms with Crippen LogP contribution in [0.5, 0.6) is 5.88 Å². The Balaban J connectivity index is 1.78.